The van der Waals surface area contributed by atoms with E-state index in [4.69, 9.17) is 4.74 Å². The van der Waals surface area contributed by atoms with E-state index in [0.717, 1.165) is 39.1 Å². The third kappa shape index (κ3) is 4.28. The second-order valence-corrected chi connectivity index (χ2v) is 7.82. The average molecular weight is 331 g/mol. The van der Waals surface area contributed by atoms with Crippen molar-refractivity contribution in [3.8, 4) is 0 Å². The van der Waals surface area contributed by atoms with Crippen molar-refractivity contribution in [3.63, 3.8) is 0 Å². The number of piperazine rings is 1. The van der Waals surface area contributed by atoms with E-state index in [0.29, 0.717) is 12.1 Å². The van der Waals surface area contributed by atoms with Crippen LogP contribution in [-0.2, 0) is 11.2 Å². The maximum Gasteiger partial charge on any atom is 0.410 e. The summed E-state index contributed by atoms with van der Waals surface area (Å²) in [7, 11) is 0. The highest BCUT2D eigenvalue weighted by Gasteiger charge is 2.40. The second kappa shape index (κ2) is 7.11. The Balaban J connectivity index is 1.55. The molecule has 2 aliphatic rings. The largest absolute Gasteiger partial charge is 0.444 e. The summed E-state index contributed by atoms with van der Waals surface area (Å²) in [6, 6.07) is 11.6. The molecule has 0 bridgehead atoms. The monoisotopic (exact) mass is 331 g/mol. The Morgan fingerprint density at radius 2 is 1.96 bits per heavy atom. The summed E-state index contributed by atoms with van der Waals surface area (Å²) < 4.78 is 5.46. The summed E-state index contributed by atoms with van der Waals surface area (Å²) in [4.78, 5) is 16.5. The Morgan fingerprint density at radius 1 is 1.25 bits per heavy atom. The Kier molecular flexibility index (Phi) is 5.11. The molecule has 0 spiro atoms. The lowest BCUT2D eigenvalue weighted by Crippen LogP contribution is -2.67. The number of carbonyl (C=O) groups excluding carboxylic acids is 1. The van der Waals surface area contributed by atoms with E-state index >= 15 is 0 Å². The quantitative estimate of drug-likeness (QED) is 0.921. The summed E-state index contributed by atoms with van der Waals surface area (Å²) >= 11 is 0. The molecule has 1 aromatic carbocycles. The van der Waals surface area contributed by atoms with E-state index < -0.39 is 5.60 Å². The van der Waals surface area contributed by atoms with Crippen molar-refractivity contribution in [2.45, 2.75) is 44.9 Å². The standard InChI is InChI=1S/C19H29N3O2/c1-19(2,3)24-18(23)21-13-17(14-21)22-10-9-20-12-16(22)11-15-7-5-4-6-8-15/h4-8,16-17,20H,9-14H2,1-3H3. The van der Waals surface area contributed by atoms with Crippen molar-refractivity contribution in [2.75, 3.05) is 32.7 Å². The Labute approximate surface area is 145 Å². The molecular weight excluding hydrogens is 302 g/mol. The van der Waals surface area contributed by atoms with Gasteiger partial charge in [-0.3, -0.25) is 4.90 Å². The molecule has 1 N–H and O–H groups in total. The van der Waals surface area contributed by atoms with Crippen LogP contribution in [0.1, 0.15) is 26.3 Å². The maximum absolute atomic E-state index is 12.1. The molecular formula is C19H29N3O2. The van der Waals surface area contributed by atoms with Gasteiger partial charge < -0.3 is 15.0 Å². The first kappa shape index (κ1) is 17.2. The topological polar surface area (TPSA) is 44.8 Å². The lowest BCUT2D eigenvalue weighted by Gasteiger charge is -2.49. The number of hydrogen-bond donors (Lipinski definition) is 1. The molecule has 3 rings (SSSR count). The van der Waals surface area contributed by atoms with Gasteiger partial charge >= 0.3 is 6.09 Å². The molecule has 0 aliphatic carbocycles. The van der Waals surface area contributed by atoms with Crippen LogP contribution in [0.15, 0.2) is 30.3 Å². The molecule has 1 amide bonds. The molecule has 5 nitrogen and oxygen atoms in total. The predicted molar refractivity (Wildman–Crippen MR) is 95.1 cm³/mol. The van der Waals surface area contributed by atoms with E-state index in [1.54, 1.807) is 0 Å². The van der Waals surface area contributed by atoms with Crippen LogP contribution in [0.2, 0.25) is 0 Å². The Bertz CT molecular complexity index is 549. The lowest BCUT2D eigenvalue weighted by molar-refractivity contribution is -0.0288. The van der Waals surface area contributed by atoms with Gasteiger partial charge in [0.2, 0.25) is 0 Å². The van der Waals surface area contributed by atoms with Gasteiger partial charge in [0.25, 0.3) is 0 Å². The number of nitrogens with zero attached hydrogens (tertiary/aromatic N) is 2. The normalized spacial score (nSPS) is 23.0. The average Bonchev–Trinajstić information content (AvgIpc) is 2.47. The summed E-state index contributed by atoms with van der Waals surface area (Å²) in [5.74, 6) is 0. The Morgan fingerprint density at radius 3 is 2.62 bits per heavy atom. The van der Waals surface area contributed by atoms with E-state index in [9.17, 15) is 4.79 Å². The van der Waals surface area contributed by atoms with E-state index in [2.05, 4.69) is 40.5 Å². The molecule has 0 aromatic heterocycles. The molecule has 5 heteroatoms. The smallest absolute Gasteiger partial charge is 0.410 e. The number of rotatable bonds is 3. The van der Waals surface area contributed by atoms with Gasteiger partial charge in [0, 0.05) is 44.8 Å². The molecule has 1 atom stereocenters. The minimum Gasteiger partial charge on any atom is -0.444 e. The number of amides is 1. The van der Waals surface area contributed by atoms with Gasteiger partial charge in [0.05, 0.1) is 0 Å². The number of benzene rings is 1. The van der Waals surface area contributed by atoms with Crippen molar-refractivity contribution in [1.29, 1.82) is 0 Å². The first-order valence-corrected chi connectivity index (χ1v) is 8.91. The van der Waals surface area contributed by atoms with Crippen LogP contribution in [-0.4, -0.2) is 66.3 Å². The molecule has 0 radical (unpaired) electrons. The number of hydrogen-bond acceptors (Lipinski definition) is 4. The third-order valence-electron chi connectivity index (χ3n) is 4.69. The molecule has 2 saturated heterocycles. The SMILES string of the molecule is CC(C)(C)OC(=O)N1CC(N2CCNCC2Cc2ccccc2)C1. The van der Waals surface area contributed by atoms with Crippen molar-refractivity contribution in [3.05, 3.63) is 35.9 Å². The molecule has 24 heavy (non-hydrogen) atoms. The fourth-order valence-corrected chi connectivity index (χ4v) is 3.47. The van der Waals surface area contributed by atoms with Gasteiger partial charge in [-0.25, -0.2) is 4.79 Å². The molecule has 2 fully saturated rings. The van der Waals surface area contributed by atoms with Gasteiger partial charge in [-0.05, 0) is 32.8 Å². The van der Waals surface area contributed by atoms with Crippen LogP contribution in [0.5, 0.6) is 0 Å². The van der Waals surface area contributed by atoms with Crippen molar-refractivity contribution < 1.29 is 9.53 Å². The van der Waals surface area contributed by atoms with Crippen LogP contribution in [0.25, 0.3) is 0 Å². The minimum absolute atomic E-state index is 0.187. The van der Waals surface area contributed by atoms with Gasteiger partial charge in [-0.1, -0.05) is 30.3 Å². The zero-order chi connectivity index (χ0) is 17.2. The van der Waals surface area contributed by atoms with Gasteiger partial charge in [-0.15, -0.1) is 0 Å². The van der Waals surface area contributed by atoms with Gasteiger partial charge in [0.15, 0.2) is 0 Å². The highest BCUT2D eigenvalue weighted by atomic mass is 16.6. The lowest BCUT2D eigenvalue weighted by atomic mass is 9.98. The van der Waals surface area contributed by atoms with Crippen LogP contribution in [0.3, 0.4) is 0 Å². The number of likely N-dealkylation sites (tertiary alicyclic amines) is 1. The molecule has 2 heterocycles. The van der Waals surface area contributed by atoms with E-state index in [1.165, 1.54) is 5.56 Å². The van der Waals surface area contributed by atoms with Crippen LogP contribution in [0.4, 0.5) is 4.79 Å². The van der Waals surface area contributed by atoms with Crippen LogP contribution < -0.4 is 5.32 Å². The highest BCUT2D eigenvalue weighted by molar-refractivity contribution is 5.69. The molecule has 1 aromatic rings. The molecule has 2 aliphatic heterocycles. The fraction of sp³-hybridized carbons (Fsp3) is 0.632. The zero-order valence-electron chi connectivity index (χ0n) is 15.0. The predicted octanol–water partition coefficient (Wildman–Crippen LogP) is 2.12. The Hall–Kier alpha value is -1.59. The summed E-state index contributed by atoms with van der Waals surface area (Å²) in [6.07, 6.45) is 0.866. The summed E-state index contributed by atoms with van der Waals surface area (Å²) in [5, 5.41) is 3.51. The third-order valence-corrected chi connectivity index (χ3v) is 4.69. The van der Waals surface area contributed by atoms with Crippen LogP contribution in [0, 0.1) is 0 Å². The molecule has 1 unspecified atom stereocenters. The number of nitrogens with one attached hydrogen (secondary N) is 1. The first-order chi connectivity index (χ1) is 11.4. The number of ether oxygens (including phenoxy) is 1. The first-order valence-electron chi connectivity index (χ1n) is 8.91. The second-order valence-electron chi connectivity index (χ2n) is 7.82. The van der Waals surface area contributed by atoms with Crippen molar-refractivity contribution in [2.24, 2.45) is 0 Å². The minimum atomic E-state index is -0.424. The summed E-state index contributed by atoms with van der Waals surface area (Å²) in [6.45, 7) is 10.4. The molecule has 132 valence electrons. The highest BCUT2D eigenvalue weighted by Crippen LogP contribution is 2.23. The van der Waals surface area contributed by atoms with Crippen LogP contribution >= 0.6 is 0 Å². The zero-order valence-corrected chi connectivity index (χ0v) is 15.0. The van der Waals surface area contributed by atoms with Crippen molar-refractivity contribution in [1.82, 2.24) is 15.1 Å². The summed E-state index contributed by atoms with van der Waals surface area (Å²) in [5.41, 5.74) is 0.951. The fourth-order valence-electron chi connectivity index (χ4n) is 3.47. The van der Waals surface area contributed by atoms with Crippen molar-refractivity contribution >= 4 is 6.09 Å². The van der Waals surface area contributed by atoms with E-state index in [1.807, 2.05) is 25.7 Å². The number of carbonyl (C=O) groups is 1. The van der Waals surface area contributed by atoms with Gasteiger partial charge in [0.1, 0.15) is 5.60 Å². The van der Waals surface area contributed by atoms with Gasteiger partial charge in [-0.2, -0.15) is 0 Å². The molecule has 0 saturated carbocycles. The maximum atomic E-state index is 12.1. The van der Waals surface area contributed by atoms with E-state index in [-0.39, 0.29) is 6.09 Å².